The molecule has 0 spiro atoms. The van der Waals surface area contributed by atoms with Crippen molar-refractivity contribution >= 4 is 23.0 Å². The molecule has 0 fully saturated rings. The highest BCUT2D eigenvalue weighted by Crippen LogP contribution is 2.26. The van der Waals surface area contributed by atoms with Crippen LogP contribution >= 0.6 is 11.6 Å². The summed E-state index contributed by atoms with van der Waals surface area (Å²) in [6.45, 7) is 0.618. The van der Waals surface area contributed by atoms with Crippen molar-refractivity contribution in [3.63, 3.8) is 0 Å². The molecule has 0 radical (unpaired) electrons. The van der Waals surface area contributed by atoms with Gasteiger partial charge in [0.15, 0.2) is 0 Å². The highest BCUT2D eigenvalue weighted by Gasteiger charge is 2.17. The maximum Gasteiger partial charge on any atom is 0.143 e. The van der Waals surface area contributed by atoms with Gasteiger partial charge in [0.1, 0.15) is 5.82 Å². The molecule has 1 aliphatic rings. The first-order valence-corrected chi connectivity index (χ1v) is 6.16. The number of hydrogen-bond acceptors (Lipinski definition) is 3. The van der Waals surface area contributed by atoms with Gasteiger partial charge in [-0.3, -0.25) is 4.68 Å². The number of aryl methyl sites for hydroxylation is 1. The average Bonchev–Trinajstić information content (AvgIpc) is 3.01. The highest BCUT2D eigenvalue weighted by atomic mass is 35.5. The minimum atomic E-state index is -0.410. The van der Waals surface area contributed by atoms with Crippen LogP contribution in [-0.4, -0.2) is 16.4 Å². The van der Waals surface area contributed by atoms with Crippen LogP contribution in [0.3, 0.4) is 0 Å². The zero-order valence-corrected chi connectivity index (χ0v) is 11.0. The molecule has 3 rings (SSSR count). The van der Waals surface area contributed by atoms with Crippen LogP contribution in [0, 0.1) is 5.82 Å². The molecule has 0 saturated carbocycles. The third-order valence-corrected chi connectivity index (χ3v) is 3.30. The predicted molar refractivity (Wildman–Crippen MR) is 73.6 cm³/mol. The SMILES string of the molecule is Cn1cc(N2C=CN(c3ccc(Cl)c(F)c3)C2)cn1. The van der Waals surface area contributed by atoms with Crippen LogP contribution in [0.25, 0.3) is 0 Å². The molecule has 0 saturated heterocycles. The lowest BCUT2D eigenvalue weighted by molar-refractivity contribution is 0.628. The van der Waals surface area contributed by atoms with Crippen molar-refractivity contribution in [2.24, 2.45) is 7.05 Å². The van der Waals surface area contributed by atoms with E-state index in [-0.39, 0.29) is 5.02 Å². The Labute approximate surface area is 115 Å². The Hall–Kier alpha value is -2.01. The Kier molecular flexibility index (Phi) is 2.91. The first-order chi connectivity index (χ1) is 9.13. The summed E-state index contributed by atoms with van der Waals surface area (Å²) in [6, 6.07) is 4.79. The number of rotatable bonds is 2. The first-order valence-electron chi connectivity index (χ1n) is 5.79. The molecule has 6 heteroatoms. The third kappa shape index (κ3) is 2.29. The van der Waals surface area contributed by atoms with E-state index in [1.165, 1.54) is 6.07 Å². The molecule has 0 amide bonds. The number of aromatic nitrogens is 2. The van der Waals surface area contributed by atoms with Crippen LogP contribution in [0.1, 0.15) is 0 Å². The lowest BCUT2D eigenvalue weighted by Gasteiger charge is -2.20. The Morgan fingerprint density at radius 1 is 1.21 bits per heavy atom. The fraction of sp³-hybridized carbons (Fsp3) is 0.154. The van der Waals surface area contributed by atoms with Gasteiger partial charge >= 0.3 is 0 Å². The van der Waals surface area contributed by atoms with E-state index >= 15 is 0 Å². The summed E-state index contributed by atoms with van der Waals surface area (Å²) in [7, 11) is 1.87. The molecular formula is C13H12ClFN4. The summed E-state index contributed by atoms with van der Waals surface area (Å²) in [5.41, 5.74) is 1.76. The largest absolute Gasteiger partial charge is 0.328 e. The van der Waals surface area contributed by atoms with Gasteiger partial charge < -0.3 is 9.80 Å². The second-order valence-corrected chi connectivity index (χ2v) is 4.76. The fourth-order valence-electron chi connectivity index (χ4n) is 1.98. The Balaban J connectivity index is 1.79. The van der Waals surface area contributed by atoms with Crippen molar-refractivity contribution in [1.29, 1.82) is 0 Å². The topological polar surface area (TPSA) is 24.3 Å². The molecule has 0 bridgehead atoms. The molecule has 19 heavy (non-hydrogen) atoms. The summed E-state index contributed by atoms with van der Waals surface area (Å²) in [5, 5.41) is 4.27. The van der Waals surface area contributed by atoms with Crippen molar-refractivity contribution in [3.05, 3.63) is 53.8 Å². The lowest BCUT2D eigenvalue weighted by Crippen LogP contribution is -2.24. The quantitative estimate of drug-likeness (QED) is 0.844. The first kappa shape index (κ1) is 12.0. The Bertz CT molecular complexity index is 637. The maximum atomic E-state index is 13.4. The predicted octanol–water partition coefficient (Wildman–Crippen LogP) is 2.97. The maximum absolute atomic E-state index is 13.4. The van der Waals surface area contributed by atoms with Gasteiger partial charge in [-0.2, -0.15) is 5.10 Å². The van der Waals surface area contributed by atoms with E-state index < -0.39 is 5.82 Å². The number of halogens is 2. The molecule has 1 aliphatic heterocycles. The van der Waals surface area contributed by atoms with Crippen molar-refractivity contribution in [2.75, 3.05) is 16.5 Å². The van der Waals surface area contributed by atoms with Gasteiger partial charge in [0.2, 0.25) is 0 Å². The normalized spacial score (nSPS) is 14.5. The van der Waals surface area contributed by atoms with E-state index in [1.807, 2.05) is 35.4 Å². The molecule has 0 N–H and O–H groups in total. The lowest BCUT2D eigenvalue weighted by atomic mass is 10.3. The second kappa shape index (κ2) is 4.59. The zero-order valence-electron chi connectivity index (χ0n) is 10.3. The standard InChI is InChI=1S/C13H12ClFN4/c1-17-8-11(7-16-17)19-5-4-18(9-19)10-2-3-12(14)13(15)6-10/h2-8H,9H2,1H3. The van der Waals surface area contributed by atoms with E-state index in [0.29, 0.717) is 6.67 Å². The molecule has 0 unspecified atom stereocenters. The molecule has 2 heterocycles. The minimum absolute atomic E-state index is 0.135. The second-order valence-electron chi connectivity index (χ2n) is 4.35. The summed E-state index contributed by atoms with van der Waals surface area (Å²) < 4.78 is 15.2. The summed E-state index contributed by atoms with van der Waals surface area (Å²) in [6.07, 6.45) is 7.55. The van der Waals surface area contributed by atoms with Crippen LogP contribution in [0.2, 0.25) is 5.02 Å². The van der Waals surface area contributed by atoms with E-state index in [0.717, 1.165) is 11.4 Å². The van der Waals surface area contributed by atoms with E-state index in [4.69, 9.17) is 11.6 Å². The van der Waals surface area contributed by atoms with Gasteiger partial charge in [-0.25, -0.2) is 4.39 Å². The summed E-state index contributed by atoms with van der Waals surface area (Å²) in [4.78, 5) is 3.96. The van der Waals surface area contributed by atoms with Crippen molar-refractivity contribution in [1.82, 2.24) is 9.78 Å². The van der Waals surface area contributed by atoms with Crippen molar-refractivity contribution < 1.29 is 4.39 Å². The molecule has 98 valence electrons. The van der Waals surface area contributed by atoms with Crippen LogP contribution in [0.4, 0.5) is 15.8 Å². The van der Waals surface area contributed by atoms with Crippen LogP contribution < -0.4 is 9.80 Å². The fourth-order valence-corrected chi connectivity index (χ4v) is 2.09. The van der Waals surface area contributed by atoms with Gasteiger partial charge in [0.05, 0.1) is 23.6 Å². The number of anilines is 2. The number of nitrogens with zero attached hydrogens (tertiary/aromatic N) is 4. The summed E-state index contributed by atoms with van der Waals surface area (Å²) >= 11 is 5.68. The Morgan fingerprint density at radius 2 is 1.95 bits per heavy atom. The van der Waals surface area contributed by atoms with Crippen LogP contribution in [0.5, 0.6) is 0 Å². The van der Waals surface area contributed by atoms with Crippen LogP contribution in [-0.2, 0) is 7.05 Å². The highest BCUT2D eigenvalue weighted by molar-refractivity contribution is 6.30. The molecular weight excluding hydrogens is 267 g/mol. The smallest absolute Gasteiger partial charge is 0.143 e. The van der Waals surface area contributed by atoms with Gasteiger partial charge in [0, 0.05) is 31.3 Å². The van der Waals surface area contributed by atoms with Crippen molar-refractivity contribution in [3.8, 4) is 0 Å². The molecule has 0 atom stereocenters. The average molecular weight is 279 g/mol. The molecule has 2 aromatic rings. The van der Waals surface area contributed by atoms with Gasteiger partial charge in [-0.1, -0.05) is 11.6 Å². The number of benzene rings is 1. The van der Waals surface area contributed by atoms with E-state index in [1.54, 1.807) is 23.0 Å². The van der Waals surface area contributed by atoms with Crippen LogP contribution in [0.15, 0.2) is 43.0 Å². The molecule has 4 nitrogen and oxygen atoms in total. The van der Waals surface area contributed by atoms with Gasteiger partial charge in [-0.05, 0) is 18.2 Å². The van der Waals surface area contributed by atoms with E-state index in [2.05, 4.69) is 5.10 Å². The van der Waals surface area contributed by atoms with Gasteiger partial charge in [0.25, 0.3) is 0 Å². The Morgan fingerprint density at radius 3 is 2.58 bits per heavy atom. The van der Waals surface area contributed by atoms with Gasteiger partial charge in [-0.15, -0.1) is 0 Å². The number of hydrogen-bond donors (Lipinski definition) is 0. The molecule has 0 aliphatic carbocycles. The van der Waals surface area contributed by atoms with Crippen molar-refractivity contribution in [2.45, 2.75) is 0 Å². The zero-order chi connectivity index (χ0) is 13.4. The third-order valence-electron chi connectivity index (χ3n) is 2.99. The monoisotopic (exact) mass is 278 g/mol. The molecule has 1 aromatic carbocycles. The van der Waals surface area contributed by atoms with E-state index in [9.17, 15) is 4.39 Å². The minimum Gasteiger partial charge on any atom is -0.328 e. The molecule has 1 aromatic heterocycles. The summed E-state index contributed by atoms with van der Waals surface area (Å²) in [5.74, 6) is -0.410.